The lowest BCUT2D eigenvalue weighted by molar-refractivity contribution is 0.602. The van der Waals surface area contributed by atoms with Crippen LogP contribution in [0, 0.1) is 0 Å². The fourth-order valence-electron chi connectivity index (χ4n) is 2.11. The molecule has 0 amide bonds. The number of hydrogen-bond donors (Lipinski definition) is 1. The average molecular weight is 304 g/mol. The summed E-state index contributed by atoms with van der Waals surface area (Å²) in [5.41, 5.74) is 0. The topological polar surface area (TPSA) is 42.7 Å². The van der Waals surface area contributed by atoms with Gasteiger partial charge in [0.1, 0.15) is 12.2 Å². The Morgan fingerprint density at radius 1 is 1.20 bits per heavy atom. The van der Waals surface area contributed by atoms with Crippen molar-refractivity contribution in [2.24, 2.45) is 7.05 Å². The van der Waals surface area contributed by atoms with Crippen molar-refractivity contribution in [1.29, 1.82) is 0 Å². The van der Waals surface area contributed by atoms with Crippen molar-refractivity contribution in [3.05, 3.63) is 56.9 Å². The van der Waals surface area contributed by atoms with Crippen LogP contribution in [0.1, 0.15) is 21.6 Å². The van der Waals surface area contributed by atoms with E-state index in [0.29, 0.717) is 0 Å². The first-order chi connectivity index (χ1) is 9.84. The molecule has 0 unspecified atom stereocenters. The summed E-state index contributed by atoms with van der Waals surface area (Å²) in [4.78, 5) is 2.70. The molecule has 0 bridgehead atoms. The molecule has 3 aromatic rings. The second kappa shape index (κ2) is 6.30. The van der Waals surface area contributed by atoms with Crippen LogP contribution in [-0.2, 0) is 13.5 Å². The molecule has 0 aliphatic heterocycles. The van der Waals surface area contributed by atoms with Crippen LogP contribution in [0.5, 0.6) is 0 Å². The van der Waals surface area contributed by atoms with Crippen LogP contribution in [0.25, 0.3) is 0 Å². The third-order valence-corrected chi connectivity index (χ3v) is 5.03. The van der Waals surface area contributed by atoms with E-state index in [-0.39, 0.29) is 6.04 Å². The highest BCUT2D eigenvalue weighted by atomic mass is 32.1. The normalized spacial score (nSPS) is 11.3. The van der Waals surface area contributed by atoms with E-state index in [9.17, 15) is 0 Å². The Morgan fingerprint density at radius 3 is 2.40 bits per heavy atom. The maximum atomic E-state index is 4.12. The Labute approximate surface area is 126 Å². The predicted octanol–water partition coefficient (Wildman–Crippen LogP) is 2.86. The molecular weight excluding hydrogens is 288 g/mol. The van der Waals surface area contributed by atoms with Crippen molar-refractivity contribution in [3.8, 4) is 0 Å². The molecule has 0 spiro atoms. The smallest absolute Gasteiger partial charge is 0.133 e. The zero-order valence-corrected chi connectivity index (χ0v) is 12.8. The number of thiophene rings is 2. The third kappa shape index (κ3) is 2.98. The van der Waals surface area contributed by atoms with Crippen molar-refractivity contribution >= 4 is 22.7 Å². The van der Waals surface area contributed by atoms with Crippen LogP contribution in [-0.4, -0.2) is 21.3 Å². The van der Waals surface area contributed by atoms with Gasteiger partial charge >= 0.3 is 0 Å². The lowest BCUT2D eigenvalue weighted by Crippen LogP contribution is -2.24. The zero-order valence-electron chi connectivity index (χ0n) is 11.2. The molecule has 0 atom stereocenters. The van der Waals surface area contributed by atoms with Crippen LogP contribution in [0.4, 0.5) is 0 Å². The van der Waals surface area contributed by atoms with E-state index in [0.717, 1.165) is 18.8 Å². The van der Waals surface area contributed by atoms with Crippen LogP contribution >= 0.6 is 22.7 Å². The molecule has 0 saturated heterocycles. The van der Waals surface area contributed by atoms with Gasteiger partial charge in [0.2, 0.25) is 0 Å². The van der Waals surface area contributed by atoms with Gasteiger partial charge in [-0.05, 0) is 22.9 Å². The Bertz CT molecular complexity index is 594. The molecule has 0 aliphatic carbocycles. The van der Waals surface area contributed by atoms with Gasteiger partial charge in [-0.15, -0.1) is 32.9 Å². The van der Waals surface area contributed by atoms with Gasteiger partial charge in [0, 0.05) is 29.8 Å². The molecule has 0 fully saturated rings. The van der Waals surface area contributed by atoms with Gasteiger partial charge < -0.3 is 9.88 Å². The minimum atomic E-state index is 0.281. The quantitative estimate of drug-likeness (QED) is 0.761. The number of aryl methyl sites for hydroxylation is 1. The maximum absolute atomic E-state index is 4.12. The second-order valence-corrected chi connectivity index (χ2v) is 6.48. The van der Waals surface area contributed by atoms with E-state index in [1.54, 1.807) is 29.0 Å². The highest BCUT2D eigenvalue weighted by molar-refractivity contribution is 7.11. The zero-order chi connectivity index (χ0) is 13.8. The Kier molecular flexibility index (Phi) is 4.25. The molecule has 0 aromatic carbocycles. The van der Waals surface area contributed by atoms with Gasteiger partial charge in [-0.2, -0.15) is 0 Å². The number of aromatic nitrogens is 3. The third-order valence-electron chi connectivity index (χ3n) is 3.16. The molecular formula is C14H16N4S2. The van der Waals surface area contributed by atoms with Crippen molar-refractivity contribution in [3.63, 3.8) is 0 Å². The summed E-state index contributed by atoms with van der Waals surface area (Å²) in [6.45, 7) is 0.882. The SMILES string of the molecule is Cn1cnnc1CCNC(c1cccs1)c1cccs1. The Hall–Kier alpha value is -1.50. The minimum absolute atomic E-state index is 0.281. The molecule has 0 aliphatic rings. The summed E-state index contributed by atoms with van der Waals surface area (Å²) in [7, 11) is 1.98. The Balaban J connectivity index is 1.67. The van der Waals surface area contributed by atoms with E-state index in [1.165, 1.54) is 9.75 Å². The number of hydrogen-bond acceptors (Lipinski definition) is 5. The predicted molar refractivity (Wildman–Crippen MR) is 83.2 cm³/mol. The van der Waals surface area contributed by atoms with Gasteiger partial charge in [-0.1, -0.05) is 12.1 Å². The number of nitrogens with zero attached hydrogens (tertiary/aromatic N) is 3. The van der Waals surface area contributed by atoms with Gasteiger partial charge in [0.05, 0.1) is 6.04 Å². The summed E-state index contributed by atoms with van der Waals surface area (Å²) >= 11 is 3.58. The second-order valence-electron chi connectivity index (χ2n) is 4.53. The molecule has 4 nitrogen and oxygen atoms in total. The van der Waals surface area contributed by atoms with Gasteiger partial charge in [-0.3, -0.25) is 0 Å². The molecule has 20 heavy (non-hydrogen) atoms. The van der Waals surface area contributed by atoms with Crippen molar-refractivity contribution < 1.29 is 0 Å². The van der Waals surface area contributed by atoms with E-state index >= 15 is 0 Å². The summed E-state index contributed by atoms with van der Waals surface area (Å²) in [5.74, 6) is 1.01. The lowest BCUT2D eigenvalue weighted by Gasteiger charge is -2.15. The first-order valence-electron chi connectivity index (χ1n) is 6.47. The van der Waals surface area contributed by atoms with Gasteiger partial charge in [-0.25, -0.2) is 0 Å². The monoisotopic (exact) mass is 304 g/mol. The van der Waals surface area contributed by atoms with Crippen molar-refractivity contribution in [2.45, 2.75) is 12.5 Å². The Morgan fingerprint density at radius 2 is 1.90 bits per heavy atom. The van der Waals surface area contributed by atoms with Crippen LogP contribution in [0.3, 0.4) is 0 Å². The molecule has 6 heteroatoms. The summed E-state index contributed by atoms with van der Waals surface area (Å²) in [6.07, 6.45) is 2.62. The van der Waals surface area contributed by atoms with E-state index in [2.05, 4.69) is 50.5 Å². The van der Waals surface area contributed by atoms with Crippen LogP contribution in [0.2, 0.25) is 0 Å². The van der Waals surface area contributed by atoms with Gasteiger partial charge in [0.15, 0.2) is 0 Å². The van der Waals surface area contributed by atoms with Crippen LogP contribution < -0.4 is 5.32 Å². The average Bonchev–Trinajstić information content (AvgIpc) is 3.18. The molecule has 1 N–H and O–H groups in total. The molecule has 3 rings (SSSR count). The summed E-state index contributed by atoms with van der Waals surface area (Å²) in [6, 6.07) is 8.85. The fourth-order valence-corrected chi connectivity index (χ4v) is 3.82. The maximum Gasteiger partial charge on any atom is 0.133 e. The first kappa shape index (κ1) is 13.5. The van der Waals surface area contributed by atoms with E-state index < -0.39 is 0 Å². The number of nitrogens with one attached hydrogen (secondary N) is 1. The molecule has 0 radical (unpaired) electrons. The van der Waals surface area contributed by atoms with E-state index in [4.69, 9.17) is 0 Å². The highest BCUT2D eigenvalue weighted by Crippen LogP contribution is 2.28. The molecule has 3 heterocycles. The summed E-state index contributed by atoms with van der Waals surface area (Å²) in [5, 5.41) is 15.9. The summed E-state index contributed by atoms with van der Waals surface area (Å²) < 4.78 is 1.97. The van der Waals surface area contributed by atoms with Crippen molar-refractivity contribution in [2.75, 3.05) is 6.54 Å². The standard InChI is InChI=1S/C14H16N4S2/c1-18-10-16-17-13(18)6-7-15-14(11-4-2-8-19-11)12-5-3-9-20-12/h2-5,8-10,14-15H,6-7H2,1H3. The largest absolute Gasteiger partial charge is 0.321 e. The highest BCUT2D eigenvalue weighted by Gasteiger charge is 2.15. The molecule has 104 valence electrons. The van der Waals surface area contributed by atoms with E-state index in [1.807, 2.05) is 11.6 Å². The number of rotatable bonds is 6. The molecule has 0 saturated carbocycles. The minimum Gasteiger partial charge on any atom is -0.321 e. The van der Waals surface area contributed by atoms with Crippen molar-refractivity contribution in [1.82, 2.24) is 20.1 Å². The fraction of sp³-hybridized carbons (Fsp3) is 0.286. The first-order valence-corrected chi connectivity index (χ1v) is 8.23. The lowest BCUT2D eigenvalue weighted by atomic mass is 10.2. The van der Waals surface area contributed by atoms with Gasteiger partial charge in [0.25, 0.3) is 0 Å². The molecule has 3 aromatic heterocycles. The van der Waals surface area contributed by atoms with Crippen LogP contribution in [0.15, 0.2) is 41.4 Å².